The van der Waals surface area contributed by atoms with Crippen LogP contribution < -0.4 is 10.6 Å². The Kier molecular flexibility index (Phi) is 40.1. The van der Waals surface area contributed by atoms with Crippen molar-refractivity contribution in [2.24, 2.45) is 5.92 Å². The largest absolute Gasteiger partial charge is 0.477 e. The van der Waals surface area contributed by atoms with Crippen molar-refractivity contribution < 1.29 is 107 Å². The maximum absolute atomic E-state index is 13.5. The zero-order valence-electron chi connectivity index (χ0n) is 50.0. The van der Waals surface area contributed by atoms with E-state index in [-0.39, 0.29) is 12.8 Å². The molecule has 1 unspecified atom stereocenters. The van der Waals surface area contributed by atoms with Gasteiger partial charge in [0.2, 0.25) is 11.8 Å². The van der Waals surface area contributed by atoms with Crippen molar-refractivity contribution in [2.45, 2.75) is 318 Å². The number of hydrogen-bond acceptors (Lipinski definition) is 20. The minimum Gasteiger partial charge on any atom is -0.477 e. The lowest BCUT2D eigenvalue weighted by Crippen LogP contribution is -2.69. The molecule has 2 rings (SSSR count). The standard InChI is InChI=1S/C58H110N2O22S/c1-4-6-7-8-9-10-11-12-13-14-15-16-17-18-19-20-21-24-28-31-34-43(64)55(72)59-41(49(67)42(63)33-30-27-25-22-23-26-29-32-40(3)5-2)38-78-56-53(71)52(70)50(68)46(80-56)39-79-58(57(73)74)35-44(65)48(60-47(66)37-62)54(81-58)51(69)45(36-61)82-83(75,76)77/h40-46,48-54,56,61-65,67-71H,4-39H2,1-3H3,(H,59,72)(H,60,66)(H,73,74)(H,75,76,77)/t40?,41-,42+,43+,44-,45+,46+,48+,49-,50+,51+,52-,53+,54+,56+,58+/m0/s1. The molecule has 25 heteroatoms. The molecule has 2 amide bonds. The summed E-state index contributed by atoms with van der Waals surface area (Å²) >= 11 is 0. The number of carboxylic acid groups (broad SMARTS) is 1. The number of carbonyl (C=O) groups excluding carboxylic acids is 2. The molecule has 0 aromatic heterocycles. The van der Waals surface area contributed by atoms with E-state index in [1.807, 2.05) is 0 Å². The molecule has 0 saturated carbocycles. The number of aliphatic hydroxyl groups is 10. The summed E-state index contributed by atoms with van der Waals surface area (Å²) in [5.74, 6) is -6.44. The highest BCUT2D eigenvalue weighted by atomic mass is 32.3. The van der Waals surface area contributed by atoms with Gasteiger partial charge in [0.05, 0.1) is 44.1 Å². The lowest BCUT2D eigenvalue weighted by atomic mass is 9.88. The lowest BCUT2D eigenvalue weighted by Gasteiger charge is -2.47. The van der Waals surface area contributed by atoms with Crippen molar-refractivity contribution in [3.63, 3.8) is 0 Å². The van der Waals surface area contributed by atoms with Gasteiger partial charge in [-0.25, -0.2) is 8.98 Å². The Morgan fingerprint density at radius 3 is 1.61 bits per heavy atom. The summed E-state index contributed by atoms with van der Waals surface area (Å²) in [5, 5.41) is 123. The van der Waals surface area contributed by atoms with E-state index in [1.165, 1.54) is 109 Å². The van der Waals surface area contributed by atoms with Crippen LogP contribution in [0.4, 0.5) is 0 Å². The smallest absolute Gasteiger partial charge is 0.397 e. The predicted molar refractivity (Wildman–Crippen MR) is 307 cm³/mol. The SMILES string of the molecule is CCCCCCCCCCCCCCCCCCCCCC[C@@H](O)C(=O)N[C@@H](CO[C@@H]1O[C@H](CO[C@]2(C(=O)O)C[C@H](O)[C@@H](NC(=O)CO)[C@H]([C@H](O)[C@@H](CO)OS(=O)(=O)O)O2)[C@@H](O)[C@H](O)[C@H]1O)[C@H](O)[C@H](O)CCCCCCCCCC(C)CC. The number of amides is 2. The summed E-state index contributed by atoms with van der Waals surface area (Å²) in [5.41, 5.74) is 0. The fraction of sp³-hybridized carbons (Fsp3) is 0.948. The van der Waals surface area contributed by atoms with Gasteiger partial charge in [0.25, 0.3) is 5.79 Å². The minimum atomic E-state index is -5.40. The topological polar surface area (TPSA) is 398 Å². The van der Waals surface area contributed by atoms with E-state index in [0.717, 1.165) is 64.2 Å². The normalized spacial score (nSPS) is 25.7. The Balaban J connectivity index is 2.08. The monoisotopic (exact) mass is 1220 g/mol. The third-order valence-corrected chi connectivity index (χ3v) is 16.8. The molecule has 0 aromatic carbocycles. The first kappa shape index (κ1) is 76.8. The molecule has 14 N–H and O–H groups in total. The third-order valence-electron chi connectivity index (χ3n) is 16.3. The summed E-state index contributed by atoms with van der Waals surface area (Å²) < 4.78 is 59.2. The van der Waals surface area contributed by atoms with Gasteiger partial charge in [-0.3, -0.25) is 14.1 Å². The Labute approximate surface area is 493 Å². The number of carboxylic acids is 1. The van der Waals surface area contributed by atoms with E-state index in [1.54, 1.807) is 0 Å². The average Bonchev–Trinajstić information content (AvgIpc) is 3.58. The lowest BCUT2D eigenvalue weighted by molar-refractivity contribution is -0.339. The van der Waals surface area contributed by atoms with Crippen molar-refractivity contribution >= 4 is 28.2 Å². The first-order chi connectivity index (χ1) is 39.6. The van der Waals surface area contributed by atoms with Gasteiger partial charge in [0.15, 0.2) is 6.29 Å². The van der Waals surface area contributed by atoms with E-state index >= 15 is 0 Å². The van der Waals surface area contributed by atoms with E-state index < -0.39 is 152 Å². The second-order valence-corrected chi connectivity index (χ2v) is 24.4. The van der Waals surface area contributed by atoms with E-state index in [9.17, 15) is 83.5 Å². The van der Waals surface area contributed by atoms with Crippen LogP contribution >= 0.6 is 0 Å². The Morgan fingerprint density at radius 2 is 1.16 bits per heavy atom. The molecule has 0 spiro atoms. The number of aliphatic hydroxyl groups excluding tert-OH is 10. The van der Waals surface area contributed by atoms with Crippen LogP contribution in [0.15, 0.2) is 0 Å². The van der Waals surface area contributed by atoms with Crippen molar-refractivity contribution in [3.05, 3.63) is 0 Å². The highest BCUT2D eigenvalue weighted by Crippen LogP contribution is 2.35. The van der Waals surface area contributed by atoms with Gasteiger partial charge in [-0.1, -0.05) is 207 Å². The molecular formula is C58H110N2O22S. The Morgan fingerprint density at radius 1 is 0.675 bits per heavy atom. The average molecular weight is 1220 g/mol. The first-order valence-corrected chi connectivity index (χ1v) is 32.7. The highest BCUT2D eigenvalue weighted by Gasteiger charge is 2.57. The zero-order valence-corrected chi connectivity index (χ0v) is 50.8. The maximum atomic E-state index is 13.5. The van der Waals surface area contributed by atoms with Crippen LogP contribution in [-0.2, 0) is 47.9 Å². The second-order valence-electron chi connectivity index (χ2n) is 23.3. The van der Waals surface area contributed by atoms with E-state index in [0.29, 0.717) is 18.8 Å². The molecule has 2 heterocycles. The van der Waals surface area contributed by atoms with Crippen LogP contribution in [0, 0.1) is 5.92 Å². The van der Waals surface area contributed by atoms with Crippen LogP contribution in [0.5, 0.6) is 0 Å². The molecule has 0 radical (unpaired) electrons. The van der Waals surface area contributed by atoms with Gasteiger partial charge in [-0.2, -0.15) is 8.42 Å². The quantitative estimate of drug-likeness (QED) is 0.0301. The van der Waals surface area contributed by atoms with Crippen molar-refractivity contribution in [1.29, 1.82) is 0 Å². The Hall–Kier alpha value is -2.28. The van der Waals surface area contributed by atoms with Crippen LogP contribution in [0.3, 0.4) is 0 Å². The zero-order chi connectivity index (χ0) is 61.8. The molecule has 2 saturated heterocycles. The number of hydrogen-bond donors (Lipinski definition) is 14. The minimum absolute atomic E-state index is 0.113. The number of rotatable bonds is 50. The van der Waals surface area contributed by atoms with Gasteiger partial charge in [-0.05, 0) is 18.8 Å². The molecule has 2 aliphatic rings. The van der Waals surface area contributed by atoms with Crippen LogP contribution in [0.2, 0.25) is 0 Å². The van der Waals surface area contributed by atoms with E-state index in [4.69, 9.17) is 18.9 Å². The van der Waals surface area contributed by atoms with Crippen LogP contribution in [0.25, 0.3) is 0 Å². The fourth-order valence-corrected chi connectivity index (χ4v) is 11.2. The predicted octanol–water partition coefficient (Wildman–Crippen LogP) is 4.11. The molecule has 2 aliphatic heterocycles. The molecule has 2 fully saturated rings. The van der Waals surface area contributed by atoms with Gasteiger partial charge < -0.3 is 85.8 Å². The molecule has 0 bridgehead atoms. The number of ether oxygens (including phenoxy) is 4. The summed E-state index contributed by atoms with van der Waals surface area (Å²) in [6, 6.07) is -3.29. The van der Waals surface area contributed by atoms with Gasteiger partial charge in [-0.15, -0.1) is 0 Å². The summed E-state index contributed by atoms with van der Waals surface area (Å²) in [7, 11) is -5.40. The summed E-state index contributed by atoms with van der Waals surface area (Å²) in [6.07, 6.45) is 8.65. The van der Waals surface area contributed by atoms with Crippen LogP contribution in [-0.4, -0.2) is 205 Å². The first-order valence-electron chi connectivity index (χ1n) is 31.3. The fourth-order valence-electron chi connectivity index (χ4n) is 10.7. The molecule has 16 atom stereocenters. The van der Waals surface area contributed by atoms with Crippen molar-refractivity contribution in [2.75, 3.05) is 26.4 Å². The molecule has 0 aromatic rings. The molecular weight excluding hydrogens is 1110 g/mol. The van der Waals surface area contributed by atoms with Gasteiger partial charge >= 0.3 is 16.4 Å². The van der Waals surface area contributed by atoms with Crippen molar-refractivity contribution in [1.82, 2.24) is 10.6 Å². The highest BCUT2D eigenvalue weighted by molar-refractivity contribution is 7.80. The second kappa shape index (κ2) is 43.4. The molecule has 24 nitrogen and oxygen atoms in total. The van der Waals surface area contributed by atoms with Gasteiger partial charge in [0, 0.05) is 6.42 Å². The van der Waals surface area contributed by atoms with Crippen molar-refractivity contribution in [3.8, 4) is 0 Å². The number of unbranched alkanes of at least 4 members (excludes halogenated alkanes) is 25. The van der Waals surface area contributed by atoms with E-state index in [2.05, 4.69) is 35.6 Å². The molecule has 83 heavy (non-hydrogen) atoms. The number of carbonyl (C=O) groups is 3. The molecule has 490 valence electrons. The molecule has 0 aliphatic carbocycles. The van der Waals surface area contributed by atoms with Gasteiger partial charge in [0.1, 0.15) is 61.5 Å². The number of nitrogens with one attached hydrogen (secondary N) is 2. The third kappa shape index (κ3) is 30.5. The summed E-state index contributed by atoms with van der Waals surface area (Å²) in [6.45, 7) is 2.35. The Bertz CT molecular complexity index is 1830. The number of aliphatic carboxylic acids is 1. The maximum Gasteiger partial charge on any atom is 0.397 e. The summed E-state index contributed by atoms with van der Waals surface area (Å²) in [4.78, 5) is 38.6. The van der Waals surface area contributed by atoms with Crippen LogP contribution in [0.1, 0.15) is 226 Å².